The van der Waals surface area contributed by atoms with Crippen molar-refractivity contribution in [3.05, 3.63) is 0 Å². The summed E-state index contributed by atoms with van der Waals surface area (Å²) in [5.41, 5.74) is 0. The van der Waals surface area contributed by atoms with Gasteiger partial charge in [0.15, 0.2) is 0 Å². The van der Waals surface area contributed by atoms with Crippen molar-refractivity contribution in [2.45, 2.75) is 149 Å². The second kappa shape index (κ2) is 0. The highest BCUT2D eigenvalue weighted by molar-refractivity contribution is 2.52. The third kappa shape index (κ3) is 0. The molecule has 0 aromatic rings. The van der Waals surface area contributed by atoms with Crippen LogP contribution >= 0.6 is 0 Å². The highest BCUT2D eigenvalue weighted by atomic mass is 12.0. The molecule has 0 bridgehead atoms. The molecule has 0 aliphatic heterocycles. The predicted octanol–water partition coefficient (Wildman–Crippen LogP) is 15.7. The minimum Gasteiger partial charge on any atom is -0.0776 e. The van der Waals surface area contributed by atoms with Gasteiger partial charge in [-0.2, -0.15) is 0 Å². The molecule has 0 nitrogen and oxygen atoms in total. The largest absolute Gasteiger partial charge is 0.0776 e. The fourth-order valence-electron chi connectivity index (χ4n) is 0. The highest BCUT2D eigenvalue weighted by Crippen LogP contribution is 0.163. The molecule has 0 saturated carbocycles. The topological polar surface area (TPSA) is 0 Å². The average Bonchev–Trinajstić information content (AvgIpc) is 0. The number of rotatable bonds is 0. The van der Waals surface area contributed by atoms with Crippen molar-refractivity contribution in [1.29, 1.82) is 0 Å². The summed E-state index contributed by atoms with van der Waals surface area (Å²) in [5.74, 6) is 0. The molecule has 0 heterocycles. The van der Waals surface area contributed by atoms with Crippen LogP contribution in [0.25, 0.3) is 0 Å². The van der Waals surface area contributed by atoms with E-state index in [4.69, 9.17) is 0 Å². The zero-order valence-electron chi connectivity index (χ0n) is 0. The Morgan fingerprint density at radius 1 is 0.100 bits per heavy atom. The second-order valence-electron chi connectivity index (χ2n) is 0. The zero-order chi connectivity index (χ0) is 0. The van der Waals surface area contributed by atoms with Crippen molar-refractivity contribution in [2.24, 2.45) is 0 Å². The van der Waals surface area contributed by atoms with E-state index in [0.717, 1.165) is 0 Å². The summed E-state index contributed by atoms with van der Waals surface area (Å²) < 4.78 is 0. The van der Waals surface area contributed by atoms with Gasteiger partial charge in [0, 0.05) is 17.1 Å². The van der Waals surface area contributed by atoms with E-state index in [0.29, 0.717) is 0 Å². The average molecular weight is 369 g/mol. The van der Waals surface area contributed by atoms with Gasteiger partial charge in [0.25, 0.3) is 0 Å². The maximum absolute atomic E-state index is 0. The van der Waals surface area contributed by atoms with Crippen molar-refractivity contribution < 1.29 is 17.1 Å². The quantitative estimate of drug-likeness (QED) is 0.398. The van der Waals surface area contributed by atoms with Crippen LogP contribution in [0.3, 0.4) is 0 Å². The molecule has 0 aromatic carbocycles. The van der Waals surface area contributed by atoms with Gasteiger partial charge in [-0.3, -0.25) is 0 Å². The molecular weight excluding hydrogens is 240 g/mol. The van der Waals surface area contributed by atoms with Crippen LogP contribution in [-0.4, -0.2) is 0 Å². The number of hydrogen-bond donors (Lipinski definition) is 0. The lowest BCUT2D eigenvalue weighted by Gasteiger charge is -0.0786. The fourth-order valence-corrected chi connectivity index (χ4v) is 0. The molecule has 0 spiro atoms. The SMILES string of the molecule is C.C.C.C.C.C.C.C.C.C.C.C.C.C.C.C.C.C.C.C.[3HH].[3HH].[3HH].[3HH].[3HH].[3HH].[3HH].[3HH].[3HH].[3HH].[3HH].[3HH]. The van der Waals surface area contributed by atoms with Gasteiger partial charge in [-0.05, 0) is 0 Å². The van der Waals surface area contributed by atoms with E-state index in [1.54, 1.807) is 0 Å². The zero-order valence-corrected chi connectivity index (χ0v) is 0. The summed E-state index contributed by atoms with van der Waals surface area (Å²) in [6.45, 7) is 0. The lowest BCUT2D eigenvalue weighted by atomic mass is 12.0. The van der Waals surface area contributed by atoms with Gasteiger partial charge in [-0.25, -0.2) is 0 Å². The first kappa shape index (κ1) is 0. The Balaban J connectivity index is 0. The van der Waals surface area contributed by atoms with Crippen molar-refractivity contribution >= 4 is 0 Å². The molecule has 0 radical (unpaired) electrons. The Bertz CT molecular complexity index is 30.5. The van der Waals surface area contributed by atoms with Crippen LogP contribution in [0, 0.1) is 0 Å². The third-order valence-corrected chi connectivity index (χ3v) is 0. The van der Waals surface area contributed by atoms with Crippen molar-refractivity contribution in [2.75, 3.05) is 0 Å². The van der Waals surface area contributed by atoms with Gasteiger partial charge in [-0.1, -0.05) is 149 Å². The van der Waals surface area contributed by atoms with Crippen LogP contribution in [0.1, 0.15) is 166 Å². The molecule has 0 heteroatoms. The smallest absolute Gasteiger partial charge is 0 e. The highest BCUT2D eigenvalue weighted by Gasteiger charge is -0.0586. The summed E-state index contributed by atoms with van der Waals surface area (Å²) in [7, 11) is 0. The molecule has 0 aromatic heterocycles. The van der Waals surface area contributed by atoms with Crippen molar-refractivity contribution in [3.8, 4) is 0 Å². The van der Waals surface area contributed by atoms with E-state index in [9.17, 15) is 0 Å². The van der Waals surface area contributed by atoms with Crippen LogP contribution in [0.2, 0.25) is 0 Å². The summed E-state index contributed by atoms with van der Waals surface area (Å²) in [5, 5.41) is 0. The molecule has 0 aliphatic rings. The lowest BCUT2D eigenvalue weighted by molar-refractivity contribution is 2.50. The summed E-state index contributed by atoms with van der Waals surface area (Å²) in [4.78, 5) is 0. The van der Waals surface area contributed by atoms with Crippen molar-refractivity contribution in [1.82, 2.24) is 0 Å². The van der Waals surface area contributed by atoms with Crippen LogP contribution < -0.4 is 0 Å². The van der Waals surface area contributed by atoms with Crippen LogP contribution in [0.5, 0.6) is 0 Å². The van der Waals surface area contributed by atoms with Crippen LogP contribution in [-0.2, 0) is 0 Å². The molecular formula is C20H104. The third-order valence-electron chi connectivity index (χ3n) is 0. The first-order valence-corrected chi connectivity index (χ1v) is 0. The fraction of sp³-hybridized carbons (Fsp3) is 1.00. The van der Waals surface area contributed by atoms with Crippen molar-refractivity contribution in [3.63, 3.8) is 0 Å². The molecule has 20 heavy (non-hydrogen) atoms. The van der Waals surface area contributed by atoms with Gasteiger partial charge in [0.1, 0.15) is 0 Å². The predicted molar refractivity (Wildman–Crippen MR) is 160 cm³/mol. The normalized spacial score (nSPS) is 0. The monoisotopic (exact) mass is 369 g/mol. The van der Waals surface area contributed by atoms with Gasteiger partial charge >= 0.3 is 0 Å². The molecule has 0 saturated heterocycles. The number of hydrogen-bond acceptors (Lipinski definition) is 0. The first-order chi connectivity index (χ1) is 0. The molecule has 0 aliphatic carbocycles. The van der Waals surface area contributed by atoms with Gasteiger partial charge in [0.05, 0.1) is 0 Å². The molecule has 0 fully saturated rings. The van der Waals surface area contributed by atoms with E-state index < -0.39 is 0 Å². The van der Waals surface area contributed by atoms with E-state index in [1.165, 1.54) is 0 Å². The van der Waals surface area contributed by atoms with Crippen LogP contribution in [0.4, 0.5) is 0 Å². The minimum atomic E-state index is 0. The van der Waals surface area contributed by atoms with Crippen LogP contribution in [0.15, 0.2) is 0 Å². The lowest BCUT2D eigenvalue weighted by Crippen LogP contribution is 0.143. The van der Waals surface area contributed by atoms with E-state index in [1.807, 2.05) is 0 Å². The Morgan fingerprint density at radius 2 is 0.100 bits per heavy atom. The Labute approximate surface area is 167 Å². The molecule has 0 unspecified atom stereocenters. The summed E-state index contributed by atoms with van der Waals surface area (Å²) >= 11 is 0. The molecule has 184 valence electrons. The maximum Gasteiger partial charge on any atom is 0 e. The van der Waals surface area contributed by atoms with E-state index >= 15 is 0 Å². The van der Waals surface area contributed by atoms with Gasteiger partial charge < -0.3 is 0 Å². The van der Waals surface area contributed by atoms with E-state index in [-0.39, 0.29) is 166 Å². The Hall–Kier alpha value is 0. The minimum absolute atomic E-state index is 0. The maximum atomic E-state index is 0. The molecule has 0 rings (SSSR count). The standard InChI is InChI=1S/20CH4.12H2/h20*1H4;12*1H/i;;;;;;;;;;;;;;;;;;;;12*1+2. The van der Waals surface area contributed by atoms with E-state index in [2.05, 4.69) is 0 Å². The van der Waals surface area contributed by atoms with Gasteiger partial charge in [-0.15, -0.1) is 0 Å². The molecule has 0 N–H and O–H groups in total. The Kier molecular flexibility index (Phi) is 0. The molecule has 0 atom stereocenters. The Morgan fingerprint density at radius 3 is 0.100 bits per heavy atom. The first-order valence-electron chi connectivity index (χ1n) is 0. The molecule has 0 amide bonds. The van der Waals surface area contributed by atoms with Gasteiger partial charge in [0.2, 0.25) is 0 Å². The second-order valence-corrected chi connectivity index (χ2v) is 0. The summed E-state index contributed by atoms with van der Waals surface area (Å²) in [6, 6.07) is 0. The summed E-state index contributed by atoms with van der Waals surface area (Å²) in [6.07, 6.45) is 0.